The van der Waals surface area contributed by atoms with E-state index in [4.69, 9.17) is 4.74 Å². The molecule has 0 fully saturated rings. The van der Waals surface area contributed by atoms with Gasteiger partial charge in [-0.15, -0.1) is 0 Å². The zero-order valence-corrected chi connectivity index (χ0v) is 10.8. The van der Waals surface area contributed by atoms with Crippen LogP contribution >= 0.6 is 0 Å². The Kier molecular flexibility index (Phi) is 5.84. The van der Waals surface area contributed by atoms with Gasteiger partial charge in [0, 0.05) is 25.5 Å². The van der Waals surface area contributed by atoms with Crippen molar-refractivity contribution in [3.63, 3.8) is 0 Å². The van der Waals surface area contributed by atoms with Gasteiger partial charge in [-0.25, -0.2) is 4.79 Å². The minimum absolute atomic E-state index is 0.215. The molecule has 0 bridgehead atoms. The molecule has 0 aliphatic rings. The SMILES string of the molecule is CCOC(=O)C(=O)N(CC)CCc1ccncc1. The number of aromatic nitrogens is 1. The Morgan fingerprint density at radius 2 is 1.94 bits per heavy atom. The van der Waals surface area contributed by atoms with Crippen molar-refractivity contribution in [3.8, 4) is 0 Å². The second-order valence-corrected chi connectivity index (χ2v) is 3.71. The fourth-order valence-electron chi connectivity index (χ4n) is 1.54. The number of hydrogen-bond donors (Lipinski definition) is 0. The van der Waals surface area contributed by atoms with Gasteiger partial charge in [0.05, 0.1) is 6.61 Å². The monoisotopic (exact) mass is 250 g/mol. The van der Waals surface area contributed by atoms with Crippen molar-refractivity contribution < 1.29 is 14.3 Å². The first-order valence-corrected chi connectivity index (χ1v) is 6.04. The number of carbonyl (C=O) groups excluding carboxylic acids is 2. The van der Waals surface area contributed by atoms with Crippen molar-refractivity contribution in [1.29, 1.82) is 0 Å². The summed E-state index contributed by atoms with van der Waals surface area (Å²) in [6.07, 6.45) is 4.11. The number of hydrogen-bond acceptors (Lipinski definition) is 4. The van der Waals surface area contributed by atoms with E-state index >= 15 is 0 Å². The lowest BCUT2D eigenvalue weighted by molar-refractivity contribution is -0.159. The van der Waals surface area contributed by atoms with E-state index in [2.05, 4.69) is 4.98 Å². The van der Waals surface area contributed by atoms with Crippen molar-refractivity contribution in [2.45, 2.75) is 20.3 Å². The smallest absolute Gasteiger partial charge is 0.397 e. The molecule has 0 aliphatic heterocycles. The second kappa shape index (κ2) is 7.42. The highest BCUT2D eigenvalue weighted by Crippen LogP contribution is 2.01. The molecule has 0 saturated carbocycles. The maximum Gasteiger partial charge on any atom is 0.397 e. The van der Waals surface area contributed by atoms with Gasteiger partial charge < -0.3 is 9.64 Å². The molecular formula is C13H18N2O3. The van der Waals surface area contributed by atoms with Gasteiger partial charge in [-0.1, -0.05) is 0 Å². The summed E-state index contributed by atoms with van der Waals surface area (Å²) in [5, 5.41) is 0. The Hall–Kier alpha value is -1.91. The van der Waals surface area contributed by atoms with Crippen LogP contribution in [0.3, 0.4) is 0 Å². The van der Waals surface area contributed by atoms with E-state index in [1.54, 1.807) is 19.3 Å². The zero-order chi connectivity index (χ0) is 13.4. The van der Waals surface area contributed by atoms with Gasteiger partial charge in [-0.2, -0.15) is 0 Å². The Morgan fingerprint density at radius 3 is 2.50 bits per heavy atom. The molecule has 0 saturated heterocycles. The van der Waals surface area contributed by atoms with E-state index in [1.165, 1.54) is 4.90 Å². The second-order valence-electron chi connectivity index (χ2n) is 3.71. The van der Waals surface area contributed by atoms with E-state index in [-0.39, 0.29) is 6.61 Å². The summed E-state index contributed by atoms with van der Waals surface area (Å²) in [5.41, 5.74) is 1.08. The van der Waals surface area contributed by atoms with Crippen LogP contribution in [0, 0.1) is 0 Å². The van der Waals surface area contributed by atoms with Gasteiger partial charge in [-0.3, -0.25) is 9.78 Å². The number of carbonyl (C=O) groups is 2. The van der Waals surface area contributed by atoms with Crippen molar-refractivity contribution in [2.75, 3.05) is 19.7 Å². The lowest BCUT2D eigenvalue weighted by Gasteiger charge is -2.19. The van der Waals surface area contributed by atoms with Crippen LogP contribution in [0.25, 0.3) is 0 Å². The third-order valence-corrected chi connectivity index (χ3v) is 2.54. The van der Waals surface area contributed by atoms with Crippen LogP contribution in [-0.4, -0.2) is 41.5 Å². The molecule has 98 valence electrons. The highest BCUT2D eigenvalue weighted by Gasteiger charge is 2.21. The van der Waals surface area contributed by atoms with Gasteiger partial charge in [0.15, 0.2) is 0 Å². The van der Waals surface area contributed by atoms with Gasteiger partial charge in [-0.05, 0) is 38.0 Å². The summed E-state index contributed by atoms with van der Waals surface area (Å²) >= 11 is 0. The Morgan fingerprint density at radius 1 is 1.28 bits per heavy atom. The van der Waals surface area contributed by atoms with Gasteiger partial charge >= 0.3 is 11.9 Å². The molecule has 0 aromatic carbocycles. The number of esters is 1. The van der Waals surface area contributed by atoms with Crippen molar-refractivity contribution in [1.82, 2.24) is 9.88 Å². The molecule has 0 radical (unpaired) electrons. The lowest BCUT2D eigenvalue weighted by Crippen LogP contribution is -2.38. The Labute approximate surface area is 107 Å². The average Bonchev–Trinajstić information content (AvgIpc) is 2.40. The quantitative estimate of drug-likeness (QED) is 0.578. The standard InChI is InChI=1S/C13H18N2O3/c1-3-15(12(16)13(17)18-4-2)10-7-11-5-8-14-9-6-11/h5-6,8-9H,3-4,7,10H2,1-2H3. The Bertz CT molecular complexity index is 392. The molecule has 1 aromatic rings. The molecule has 0 atom stereocenters. The fraction of sp³-hybridized carbons (Fsp3) is 0.462. The van der Waals surface area contributed by atoms with Crippen molar-refractivity contribution >= 4 is 11.9 Å². The van der Waals surface area contributed by atoms with Crippen LogP contribution in [-0.2, 0) is 20.7 Å². The molecule has 0 N–H and O–H groups in total. The number of ether oxygens (including phenoxy) is 1. The number of rotatable bonds is 5. The summed E-state index contributed by atoms with van der Waals surface area (Å²) in [6.45, 7) is 4.72. The third kappa shape index (κ3) is 4.16. The normalized spacial score (nSPS) is 9.89. The van der Waals surface area contributed by atoms with Gasteiger partial charge in [0.2, 0.25) is 0 Å². The number of pyridine rings is 1. The highest BCUT2D eigenvalue weighted by molar-refractivity contribution is 6.32. The molecule has 1 aromatic heterocycles. The lowest BCUT2D eigenvalue weighted by atomic mass is 10.2. The topological polar surface area (TPSA) is 59.5 Å². The van der Waals surface area contributed by atoms with Crippen molar-refractivity contribution in [3.05, 3.63) is 30.1 Å². The van der Waals surface area contributed by atoms with E-state index in [9.17, 15) is 9.59 Å². The first-order valence-electron chi connectivity index (χ1n) is 6.04. The maximum absolute atomic E-state index is 11.7. The van der Waals surface area contributed by atoms with Crippen LogP contribution in [0.1, 0.15) is 19.4 Å². The highest BCUT2D eigenvalue weighted by atomic mass is 16.5. The van der Waals surface area contributed by atoms with E-state index in [0.717, 1.165) is 5.56 Å². The minimum atomic E-state index is -0.783. The predicted octanol–water partition coefficient (Wildman–Crippen LogP) is 1.04. The van der Waals surface area contributed by atoms with Crippen LogP contribution in [0.4, 0.5) is 0 Å². The summed E-state index contributed by atoms with van der Waals surface area (Å²) in [7, 11) is 0. The van der Waals surface area contributed by atoms with Crippen molar-refractivity contribution in [2.24, 2.45) is 0 Å². The minimum Gasteiger partial charge on any atom is -0.459 e. The molecule has 0 unspecified atom stereocenters. The third-order valence-electron chi connectivity index (χ3n) is 2.54. The van der Waals surface area contributed by atoms with Crippen LogP contribution in [0.5, 0.6) is 0 Å². The summed E-state index contributed by atoms with van der Waals surface area (Å²) in [4.78, 5) is 28.5. The molecule has 1 amide bonds. The van der Waals surface area contributed by atoms with E-state index < -0.39 is 11.9 Å². The Balaban J connectivity index is 2.52. The molecule has 18 heavy (non-hydrogen) atoms. The maximum atomic E-state index is 11.7. The first kappa shape index (κ1) is 14.2. The molecule has 1 rings (SSSR count). The van der Waals surface area contributed by atoms with Crippen LogP contribution in [0.2, 0.25) is 0 Å². The summed E-state index contributed by atoms with van der Waals surface area (Å²) in [6, 6.07) is 3.78. The molecule has 5 nitrogen and oxygen atoms in total. The summed E-state index contributed by atoms with van der Waals surface area (Å²) in [5.74, 6) is -1.36. The van der Waals surface area contributed by atoms with Crippen LogP contribution in [0.15, 0.2) is 24.5 Å². The molecule has 1 heterocycles. The van der Waals surface area contributed by atoms with E-state index in [1.807, 2.05) is 19.1 Å². The molecule has 0 spiro atoms. The largest absolute Gasteiger partial charge is 0.459 e. The average molecular weight is 250 g/mol. The molecule has 0 aliphatic carbocycles. The number of amides is 1. The van der Waals surface area contributed by atoms with Gasteiger partial charge in [0.1, 0.15) is 0 Å². The zero-order valence-electron chi connectivity index (χ0n) is 10.8. The van der Waals surface area contributed by atoms with Gasteiger partial charge in [0.25, 0.3) is 0 Å². The number of likely N-dealkylation sites (N-methyl/N-ethyl adjacent to an activating group) is 1. The fourth-order valence-corrected chi connectivity index (χ4v) is 1.54. The molecule has 5 heteroatoms. The molecular weight excluding hydrogens is 232 g/mol. The predicted molar refractivity (Wildman–Crippen MR) is 66.8 cm³/mol. The van der Waals surface area contributed by atoms with E-state index in [0.29, 0.717) is 19.5 Å². The first-order chi connectivity index (χ1) is 8.69. The van der Waals surface area contributed by atoms with Crippen LogP contribution < -0.4 is 0 Å². The number of nitrogens with zero attached hydrogens (tertiary/aromatic N) is 2. The summed E-state index contributed by atoms with van der Waals surface area (Å²) < 4.78 is 4.70.